The van der Waals surface area contributed by atoms with Gasteiger partial charge in [-0.05, 0) is 36.8 Å². The number of anilines is 1. The van der Waals surface area contributed by atoms with Crippen molar-refractivity contribution in [2.24, 2.45) is 0 Å². The molecule has 4 aromatic rings. The van der Waals surface area contributed by atoms with Crippen LogP contribution in [-0.4, -0.2) is 22.2 Å². The van der Waals surface area contributed by atoms with E-state index >= 15 is 0 Å². The van der Waals surface area contributed by atoms with Gasteiger partial charge in [0.1, 0.15) is 28.4 Å². The van der Waals surface area contributed by atoms with E-state index in [0.717, 1.165) is 45.2 Å². The molecule has 0 radical (unpaired) electrons. The second-order valence-corrected chi connectivity index (χ2v) is 6.88. The highest BCUT2D eigenvalue weighted by Crippen LogP contribution is 2.29. The lowest BCUT2D eigenvalue weighted by Crippen LogP contribution is -2.00. The molecule has 3 aromatic heterocycles. The van der Waals surface area contributed by atoms with Crippen molar-refractivity contribution in [1.82, 2.24) is 15.1 Å². The van der Waals surface area contributed by atoms with Crippen LogP contribution in [0, 0.1) is 0 Å². The molecule has 0 amide bonds. The van der Waals surface area contributed by atoms with Crippen molar-refractivity contribution in [3.8, 4) is 17.0 Å². The van der Waals surface area contributed by atoms with Gasteiger partial charge in [-0.3, -0.25) is 0 Å². The third-order valence-corrected chi connectivity index (χ3v) is 5.29. The number of fused-ring (bicyclic) bond motifs is 1. The first-order chi connectivity index (χ1) is 12.8. The van der Waals surface area contributed by atoms with Gasteiger partial charge in [0.2, 0.25) is 0 Å². The highest BCUT2D eigenvalue weighted by molar-refractivity contribution is 7.18. The number of nitrogens with one attached hydrogen (secondary N) is 1. The van der Waals surface area contributed by atoms with Gasteiger partial charge in [-0.15, -0.1) is 11.3 Å². The van der Waals surface area contributed by atoms with Crippen molar-refractivity contribution in [3.63, 3.8) is 0 Å². The summed E-state index contributed by atoms with van der Waals surface area (Å²) in [6.07, 6.45) is 2.58. The summed E-state index contributed by atoms with van der Waals surface area (Å²) < 4.78 is 10.6. The summed E-state index contributed by atoms with van der Waals surface area (Å²) in [5.74, 6) is 2.37. The Kier molecular flexibility index (Phi) is 4.53. The number of thiophene rings is 1. The van der Waals surface area contributed by atoms with Crippen LogP contribution in [0.2, 0.25) is 0 Å². The molecule has 132 valence electrons. The van der Waals surface area contributed by atoms with Crippen LogP contribution >= 0.6 is 11.3 Å². The van der Waals surface area contributed by atoms with Gasteiger partial charge >= 0.3 is 0 Å². The molecule has 0 spiro atoms. The number of methoxy groups -OCH3 is 1. The predicted molar refractivity (Wildman–Crippen MR) is 103 cm³/mol. The minimum Gasteiger partial charge on any atom is -0.497 e. The van der Waals surface area contributed by atoms with E-state index in [0.29, 0.717) is 6.54 Å². The van der Waals surface area contributed by atoms with Crippen LogP contribution < -0.4 is 10.1 Å². The highest BCUT2D eigenvalue weighted by atomic mass is 32.1. The molecule has 4 rings (SSSR count). The van der Waals surface area contributed by atoms with Gasteiger partial charge in [0.05, 0.1) is 19.0 Å². The zero-order valence-corrected chi connectivity index (χ0v) is 15.3. The van der Waals surface area contributed by atoms with Crippen LogP contribution in [0.3, 0.4) is 0 Å². The SMILES string of the molecule is CCc1cc2c(NCc3cc(-c4ccc(OC)cc4)no3)ncnc2s1. The molecule has 26 heavy (non-hydrogen) atoms. The minimum absolute atomic E-state index is 0.507. The molecular formula is C19H18N4O2S. The summed E-state index contributed by atoms with van der Waals surface area (Å²) in [7, 11) is 1.65. The van der Waals surface area contributed by atoms with Gasteiger partial charge in [0, 0.05) is 16.5 Å². The van der Waals surface area contributed by atoms with E-state index in [4.69, 9.17) is 9.26 Å². The molecule has 3 heterocycles. The van der Waals surface area contributed by atoms with Crippen molar-refractivity contribution >= 4 is 27.4 Å². The minimum atomic E-state index is 0.507. The van der Waals surface area contributed by atoms with E-state index in [1.807, 2.05) is 30.3 Å². The average Bonchev–Trinajstić information content (AvgIpc) is 3.33. The van der Waals surface area contributed by atoms with Gasteiger partial charge in [-0.2, -0.15) is 0 Å². The molecule has 0 aliphatic heterocycles. The smallest absolute Gasteiger partial charge is 0.156 e. The number of nitrogens with zero attached hydrogens (tertiary/aromatic N) is 3. The van der Waals surface area contributed by atoms with Crippen molar-refractivity contribution in [1.29, 1.82) is 0 Å². The molecule has 6 nitrogen and oxygen atoms in total. The summed E-state index contributed by atoms with van der Waals surface area (Å²) in [4.78, 5) is 11.0. The number of hydrogen-bond acceptors (Lipinski definition) is 7. The fourth-order valence-electron chi connectivity index (χ4n) is 2.69. The maximum atomic E-state index is 5.45. The molecule has 0 atom stereocenters. The van der Waals surface area contributed by atoms with Crippen molar-refractivity contribution in [2.45, 2.75) is 19.9 Å². The fraction of sp³-hybridized carbons (Fsp3) is 0.211. The Hall–Kier alpha value is -2.93. The quantitative estimate of drug-likeness (QED) is 0.540. The van der Waals surface area contributed by atoms with Gasteiger partial charge in [-0.1, -0.05) is 12.1 Å². The maximum absolute atomic E-state index is 5.45. The second-order valence-electron chi connectivity index (χ2n) is 5.77. The second kappa shape index (κ2) is 7.13. The zero-order chi connectivity index (χ0) is 17.9. The molecule has 7 heteroatoms. The number of rotatable bonds is 6. The van der Waals surface area contributed by atoms with Gasteiger partial charge in [0.25, 0.3) is 0 Å². The van der Waals surface area contributed by atoms with Crippen LogP contribution in [0.15, 0.2) is 47.2 Å². The Bertz CT molecular complexity index is 1020. The molecule has 0 saturated carbocycles. The van der Waals surface area contributed by atoms with E-state index in [9.17, 15) is 0 Å². The molecule has 0 aliphatic rings. The Morgan fingerprint density at radius 2 is 2.00 bits per heavy atom. The Balaban J connectivity index is 1.50. The topological polar surface area (TPSA) is 73.1 Å². The highest BCUT2D eigenvalue weighted by Gasteiger charge is 2.10. The molecule has 1 N–H and O–H groups in total. The molecule has 0 saturated heterocycles. The molecule has 0 unspecified atom stereocenters. The number of benzene rings is 1. The van der Waals surface area contributed by atoms with E-state index in [-0.39, 0.29) is 0 Å². The lowest BCUT2D eigenvalue weighted by Gasteiger charge is -2.03. The molecule has 0 bridgehead atoms. The molecule has 0 aliphatic carbocycles. The van der Waals surface area contributed by atoms with Crippen LogP contribution in [0.25, 0.3) is 21.5 Å². The first kappa shape index (κ1) is 16.5. The summed E-state index contributed by atoms with van der Waals surface area (Å²) >= 11 is 1.70. The summed E-state index contributed by atoms with van der Waals surface area (Å²) in [5.41, 5.74) is 1.77. The van der Waals surface area contributed by atoms with Crippen molar-refractivity contribution in [3.05, 3.63) is 53.4 Å². The first-order valence-corrected chi connectivity index (χ1v) is 9.15. The number of aryl methyl sites for hydroxylation is 1. The van der Waals surface area contributed by atoms with Gasteiger partial charge in [0.15, 0.2) is 5.76 Å². The van der Waals surface area contributed by atoms with Crippen molar-refractivity contribution in [2.75, 3.05) is 12.4 Å². The van der Waals surface area contributed by atoms with Crippen molar-refractivity contribution < 1.29 is 9.26 Å². The number of hydrogen-bond donors (Lipinski definition) is 1. The normalized spacial score (nSPS) is 11.0. The third kappa shape index (κ3) is 3.25. The van der Waals surface area contributed by atoms with Crippen LogP contribution in [-0.2, 0) is 13.0 Å². The van der Waals surface area contributed by atoms with Gasteiger partial charge in [-0.25, -0.2) is 9.97 Å². The summed E-state index contributed by atoms with van der Waals surface area (Å²) in [6.45, 7) is 2.65. The predicted octanol–water partition coefficient (Wildman–Crippen LogP) is 4.53. The van der Waals surface area contributed by atoms with E-state index < -0.39 is 0 Å². The third-order valence-electron chi connectivity index (χ3n) is 4.10. The standard InChI is InChI=1S/C19H18N4O2S/c1-3-15-9-16-18(21-11-22-19(16)26-15)20-10-14-8-17(23-25-14)12-4-6-13(24-2)7-5-12/h4-9,11H,3,10H2,1-2H3,(H,20,21,22). The van der Waals surface area contributed by atoms with E-state index in [2.05, 4.69) is 33.4 Å². The van der Waals surface area contributed by atoms with E-state index in [1.165, 1.54) is 4.88 Å². The number of aromatic nitrogens is 3. The Labute approximate surface area is 154 Å². The fourth-order valence-corrected chi connectivity index (χ4v) is 3.62. The Morgan fingerprint density at radius 3 is 2.77 bits per heavy atom. The summed E-state index contributed by atoms with van der Waals surface area (Å²) in [6, 6.07) is 11.8. The lowest BCUT2D eigenvalue weighted by atomic mass is 10.1. The zero-order valence-electron chi connectivity index (χ0n) is 14.5. The van der Waals surface area contributed by atoms with Crippen LogP contribution in [0.5, 0.6) is 5.75 Å². The molecule has 1 aromatic carbocycles. The lowest BCUT2D eigenvalue weighted by molar-refractivity contribution is 0.390. The van der Waals surface area contributed by atoms with Crippen LogP contribution in [0.1, 0.15) is 17.6 Å². The first-order valence-electron chi connectivity index (χ1n) is 8.34. The van der Waals surface area contributed by atoms with Crippen LogP contribution in [0.4, 0.5) is 5.82 Å². The van der Waals surface area contributed by atoms with Gasteiger partial charge < -0.3 is 14.6 Å². The summed E-state index contributed by atoms with van der Waals surface area (Å²) in [5, 5.41) is 8.52. The molecule has 0 fully saturated rings. The largest absolute Gasteiger partial charge is 0.497 e. The average molecular weight is 366 g/mol. The number of ether oxygens (including phenoxy) is 1. The molecular weight excluding hydrogens is 348 g/mol. The maximum Gasteiger partial charge on any atom is 0.156 e. The van der Waals surface area contributed by atoms with E-state index in [1.54, 1.807) is 24.8 Å². The monoisotopic (exact) mass is 366 g/mol. The Morgan fingerprint density at radius 1 is 1.15 bits per heavy atom.